The first-order chi connectivity index (χ1) is 15.6. The molecule has 32 heavy (non-hydrogen) atoms. The molecule has 0 N–H and O–H groups in total. The second-order valence-corrected chi connectivity index (χ2v) is 8.43. The summed E-state index contributed by atoms with van der Waals surface area (Å²) in [6, 6.07) is 13.2. The fourth-order valence-corrected chi connectivity index (χ4v) is 4.57. The molecule has 0 bridgehead atoms. The molecular formula is C24H27N3O4S. The number of rotatable bonds is 7. The Morgan fingerprint density at radius 3 is 2.28 bits per heavy atom. The van der Waals surface area contributed by atoms with Crippen LogP contribution in [0.15, 0.2) is 47.8 Å². The fraction of sp³-hybridized carbons (Fsp3) is 0.333. The zero-order chi connectivity index (χ0) is 22.5. The fourth-order valence-electron chi connectivity index (χ4n) is 3.72. The maximum atomic E-state index is 13.0. The van der Waals surface area contributed by atoms with Gasteiger partial charge in [0, 0.05) is 43.2 Å². The molecule has 1 aliphatic heterocycles. The second kappa shape index (κ2) is 10.0. The Hall–Kier alpha value is -3.10. The molecule has 0 unspecified atom stereocenters. The highest BCUT2D eigenvalue weighted by molar-refractivity contribution is 7.09. The number of aromatic nitrogens is 1. The summed E-state index contributed by atoms with van der Waals surface area (Å²) in [5, 5.41) is 3.17. The lowest BCUT2D eigenvalue weighted by Gasteiger charge is -2.34. The van der Waals surface area contributed by atoms with Crippen molar-refractivity contribution >= 4 is 17.2 Å². The third-order valence-corrected chi connectivity index (χ3v) is 6.43. The van der Waals surface area contributed by atoms with Crippen LogP contribution >= 0.6 is 11.3 Å². The first-order valence-electron chi connectivity index (χ1n) is 10.4. The van der Waals surface area contributed by atoms with Crippen LogP contribution in [-0.2, 0) is 6.54 Å². The Morgan fingerprint density at radius 2 is 1.62 bits per heavy atom. The molecule has 2 heterocycles. The van der Waals surface area contributed by atoms with Gasteiger partial charge in [-0.05, 0) is 36.4 Å². The van der Waals surface area contributed by atoms with Crippen LogP contribution in [0, 0.1) is 0 Å². The lowest BCUT2D eigenvalue weighted by atomic mass is 10.1. The monoisotopic (exact) mass is 453 g/mol. The number of carbonyl (C=O) groups is 1. The van der Waals surface area contributed by atoms with Gasteiger partial charge in [-0.15, -0.1) is 11.3 Å². The standard InChI is InChI=1S/C24H27N3O4S/c1-29-18-6-4-17(5-7-18)21-16-32-23(25-21)15-26-10-12-27(13-11-26)24(28)20-9-8-19(30-2)14-22(20)31-3/h4-9,14,16H,10-13,15H2,1-3H3. The minimum absolute atomic E-state index is 0.0137. The first-order valence-corrected chi connectivity index (χ1v) is 11.3. The van der Waals surface area contributed by atoms with E-state index < -0.39 is 0 Å². The summed E-state index contributed by atoms with van der Waals surface area (Å²) in [7, 11) is 4.83. The van der Waals surface area contributed by atoms with Gasteiger partial charge < -0.3 is 19.1 Å². The number of hydrogen-bond acceptors (Lipinski definition) is 7. The first kappa shape index (κ1) is 22.1. The van der Waals surface area contributed by atoms with Gasteiger partial charge in [-0.3, -0.25) is 9.69 Å². The molecule has 1 aliphatic rings. The minimum atomic E-state index is -0.0137. The average Bonchev–Trinajstić information content (AvgIpc) is 3.32. The third kappa shape index (κ3) is 4.87. The van der Waals surface area contributed by atoms with Gasteiger partial charge in [-0.25, -0.2) is 4.98 Å². The molecule has 0 saturated carbocycles. The molecule has 1 saturated heterocycles. The van der Waals surface area contributed by atoms with Crippen LogP contribution in [0.3, 0.4) is 0 Å². The van der Waals surface area contributed by atoms with Crippen LogP contribution in [0.25, 0.3) is 11.3 Å². The van der Waals surface area contributed by atoms with Crippen molar-refractivity contribution in [1.82, 2.24) is 14.8 Å². The molecule has 7 nitrogen and oxygen atoms in total. The summed E-state index contributed by atoms with van der Waals surface area (Å²) in [4.78, 5) is 22.0. The highest BCUT2D eigenvalue weighted by Gasteiger charge is 2.25. The Morgan fingerprint density at radius 1 is 0.938 bits per heavy atom. The molecule has 1 aromatic heterocycles. The number of ether oxygens (including phenoxy) is 3. The van der Waals surface area contributed by atoms with E-state index >= 15 is 0 Å². The van der Waals surface area contributed by atoms with Crippen LogP contribution in [-0.4, -0.2) is 68.2 Å². The van der Waals surface area contributed by atoms with Crippen LogP contribution in [0.4, 0.5) is 0 Å². The number of carbonyl (C=O) groups excluding carboxylic acids is 1. The largest absolute Gasteiger partial charge is 0.497 e. The van der Waals surface area contributed by atoms with Crippen molar-refractivity contribution in [2.24, 2.45) is 0 Å². The van der Waals surface area contributed by atoms with Crippen molar-refractivity contribution < 1.29 is 19.0 Å². The van der Waals surface area contributed by atoms with E-state index in [1.165, 1.54) is 0 Å². The smallest absolute Gasteiger partial charge is 0.257 e. The number of nitrogens with zero attached hydrogens (tertiary/aromatic N) is 3. The van der Waals surface area contributed by atoms with Crippen LogP contribution in [0.2, 0.25) is 0 Å². The Balaban J connectivity index is 1.34. The van der Waals surface area contributed by atoms with Gasteiger partial charge in [0.1, 0.15) is 22.3 Å². The maximum absolute atomic E-state index is 13.0. The molecule has 1 fully saturated rings. The molecule has 168 valence electrons. The molecular weight excluding hydrogens is 426 g/mol. The molecule has 0 radical (unpaired) electrons. The Kier molecular flexibility index (Phi) is 6.92. The van der Waals surface area contributed by atoms with Crippen LogP contribution in [0.5, 0.6) is 17.2 Å². The summed E-state index contributed by atoms with van der Waals surface area (Å²) in [5.74, 6) is 2.02. The molecule has 8 heteroatoms. The van der Waals surface area contributed by atoms with E-state index in [4.69, 9.17) is 19.2 Å². The molecule has 0 aliphatic carbocycles. The number of benzene rings is 2. The summed E-state index contributed by atoms with van der Waals surface area (Å²) in [6.07, 6.45) is 0. The Labute approximate surface area is 192 Å². The number of thiazole rings is 1. The highest BCUT2D eigenvalue weighted by Crippen LogP contribution is 2.27. The molecule has 0 spiro atoms. The van der Waals surface area contributed by atoms with Crippen molar-refractivity contribution in [2.75, 3.05) is 47.5 Å². The molecule has 1 amide bonds. The predicted molar refractivity (Wildman–Crippen MR) is 125 cm³/mol. The predicted octanol–water partition coefficient (Wildman–Crippen LogP) is 3.79. The lowest BCUT2D eigenvalue weighted by molar-refractivity contribution is 0.0625. The third-order valence-electron chi connectivity index (χ3n) is 5.60. The van der Waals surface area contributed by atoms with Gasteiger partial charge >= 0.3 is 0 Å². The Bertz CT molecular complexity index is 1060. The van der Waals surface area contributed by atoms with Crippen LogP contribution < -0.4 is 14.2 Å². The van der Waals surface area contributed by atoms with Gasteiger partial charge in [0.2, 0.25) is 0 Å². The van der Waals surface area contributed by atoms with Crippen molar-refractivity contribution in [1.29, 1.82) is 0 Å². The zero-order valence-corrected chi connectivity index (χ0v) is 19.4. The number of piperazine rings is 1. The summed E-state index contributed by atoms with van der Waals surface area (Å²) >= 11 is 1.67. The van der Waals surface area contributed by atoms with E-state index in [1.54, 1.807) is 50.9 Å². The van der Waals surface area contributed by atoms with E-state index in [0.717, 1.165) is 41.6 Å². The van der Waals surface area contributed by atoms with E-state index in [1.807, 2.05) is 29.2 Å². The van der Waals surface area contributed by atoms with Crippen molar-refractivity contribution in [3.63, 3.8) is 0 Å². The second-order valence-electron chi connectivity index (χ2n) is 7.49. The zero-order valence-electron chi connectivity index (χ0n) is 18.5. The van der Waals surface area contributed by atoms with Gasteiger partial charge in [0.25, 0.3) is 5.91 Å². The number of hydrogen-bond donors (Lipinski definition) is 0. The van der Waals surface area contributed by atoms with Gasteiger partial charge in [0.05, 0.1) is 39.1 Å². The molecule has 4 rings (SSSR count). The normalized spacial score (nSPS) is 14.3. The minimum Gasteiger partial charge on any atom is -0.497 e. The van der Waals surface area contributed by atoms with E-state index in [9.17, 15) is 4.79 Å². The summed E-state index contributed by atoms with van der Waals surface area (Å²) in [6.45, 7) is 3.74. The van der Waals surface area contributed by atoms with Crippen molar-refractivity contribution in [3.05, 3.63) is 58.4 Å². The van der Waals surface area contributed by atoms with Crippen LogP contribution in [0.1, 0.15) is 15.4 Å². The topological polar surface area (TPSA) is 64.1 Å². The van der Waals surface area contributed by atoms with Crippen molar-refractivity contribution in [3.8, 4) is 28.5 Å². The van der Waals surface area contributed by atoms with E-state index in [0.29, 0.717) is 30.2 Å². The van der Waals surface area contributed by atoms with Gasteiger partial charge in [0.15, 0.2) is 0 Å². The number of amides is 1. The quantitative estimate of drug-likeness (QED) is 0.542. The highest BCUT2D eigenvalue weighted by atomic mass is 32.1. The molecule has 2 aromatic carbocycles. The lowest BCUT2D eigenvalue weighted by Crippen LogP contribution is -2.48. The van der Waals surface area contributed by atoms with E-state index in [-0.39, 0.29) is 5.91 Å². The van der Waals surface area contributed by atoms with E-state index in [2.05, 4.69) is 10.3 Å². The van der Waals surface area contributed by atoms with Gasteiger partial charge in [-0.2, -0.15) is 0 Å². The van der Waals surface area contributed by atoms with Gasteiger partial charge in [-0.1, -0.05) is 0 Å². The molecule has 0 atom stereocenters. The number of methoxy groups -OCH3 is 3. The van der Waals surface area contributed by atoms with Crippen molar-refractivity contribution in [2.45, 2.75) is 6.54 Å². The summed E-state index contributed by atoms with van der Waals surface area (Å²) < 4.78 is 15.8. The SMILES string of the molecule is COc1ccc(-c2csc(CN3CCN(C(=O)c4ccc(OC)cc4OC)CC3)n2)cc1. The molecule has 3 aromatic rings. The maximum Gasteiger partial charge on any atom is 0.257 e. The average molecular weight is 454 g/mol. The summed E-state index contributed by atoms with van der Waals surface area (Å²) in [5.41, 5.74) is 2.62.